The molecule has 1 N–H and O–H groups in total. The van der Waals surface area contributed by atoms with Gasteiger partial charge in [-0.25, -0.2) is 4.98 Å². The molecule has 2 heterocycles. The van der Waals surface area contributed by atoms with Crippen molar-refractivity contribution in [2.75, 3.05) is 5.32 Å². The number of benzene rings is 1. The Morgan fingerprint density at radius 2 is 2.17 bits per heavy atom. The van der Waals surface area contributed by atoms with Crippen LogP contribution in [0.5, 0.6) is 0 Å². The number of hydrogen-bond acceptors (Lipinski definition) is 4. The normalized spacial score (nSPS) is 11.1. The molecule has 7 heteroatoms. The van der Waals surface area contributed by atoms with Gasteiger partial charge in [0.05, 0.1) is 20.9 Å². The van der Waals surface area contributed by atoms with Crippen LogP contribution in [0.1, 0.15) is 31.0 Å². The predicted molar refractivity (Wildman–Crippen MR) is 94.8 cm³/mol. The number of halogens is 1. The Morgan fingerprint density at radius 1 is 1.39 bits per heavy atom. The summed E-state index contributed by atoms with van der Waals surface area (Å²) in [5, 5.41) is 8.72. The van der Waals surface area contributed by atoms with Crippen LogP contribution in [-0.4, -0.2) is 20.7 Å². The minimum atomic E-state index is -0.0241. The van der Waals surface area contributed by atoms with E-state index in [4.69, 9.17) is 11.6 Å². The van der Waals surface area contributed by atoms with Crippen molar-refractivity contribution in [3.8, 4) is 5.13 Å². The maximum Gasteiger partial charge on any atom is 0.225 e. The molecular formula is C16H17ClN4OS. The minimum absolute atomic E-state index is 0.0241. The molecule has 1 aromatic carbocycles. The van der Waals surface area contributed by atoms with Crippen molar-refractivity contribution in [3.63, 3.8) is 0 Å². The van der Waals surface area contributed by atoms with Crippen molar-refractivity contribution in [2.45, 2.75) is 33.6 Å². The Balaban J connectivity index is 2.07. The van der Waals surface area contributed by atoms with Crippen LogP contribution >= 0.6 is 22.9 Å². The second-order valence-electron chi connectivity index (χ2n) is 5.42. The molecule has 0 fully saturated rings. The Labute approximate surface area is 143 Å². The molecule has 0 aliphatic carbocycles. The van der Waals surface area contributed by atoms with Crippen LogP contribution in [0.15, 0.2) is 18.2 Å². The van der Waals surface area contributed by atoms with Gasteiger partial charge in [-0.1, -0.05) is 35.9 Å². The Bertz CT molecular complexity index is 845. The lowest BCUT2D eigenvalue weighted by molar-refractivity contribution is -0.116. The third-order valence-corrected chi connectivity index (χ3v) is 4.93. The van der Waals surface area contributed by atoms with Crippen LogP contribution in [0.4, 0.5) is 5.82 Å². The molecule has 0 aliphatic rings. The lowest BCUT2D eigenvalue weighted by atomic mass is 10.2. The summed E-state index contributed by atoms with van der Waals surface area (Å²) in [5.41, 5.74) is 2.75. The van der Waals surface area contributed by atoms with Gasteiger partial charge in [-0.3, -0.25) is 4.79 Å². The molecule has 23 heavy (non-hydrogen) atoms. The maximum atomic E-state index is 11.9. The lowest BCUT2D eigenvalue weighted by Gasteiger charge is -2.05. The summed E-state index contributed by atoms with van der Waals surface area (Å²) >= 11 is 7.74. The van der Waals surface area contributed by atoms with E-state index in [0.29, 0.717) is 22.4 Å². The summed E-state index contributed by atoms with van der Waals surface area (Å²) in [7, 11) is 0. The van der Waals surface area contributed by atoms with Crippen LogP contribution < -0.4 is 5.32 Å². The molecule has 3 aromatic rings. The highest BCUT2D eigenvalue weighted by Gasteiger charge is 2.16. The van der Waals surface area contributed by atoms with Crippen LogP contribution in [0.25, 0.3) is 15.3 Å². The maximum absolute atomic E-state index is 11.9. The van der Waals surface area contributed by atoms with Crippen molar-refractivity contribution in [1.82, 2.24) is 14.8 Å². The summed E-state index contributed by atoms with van der Waals surface area (Å²) in [6, 6.07) is 5.67. The number of thiazole rings is 1. The number of aromatic nitrogens is 3. The van der Waals surface area contributed by atoms with Crippen LogP contribution in [0.3, 0.4) is 0 Å². The van der Waals surface area contributed by atoms with Crippen molar-refractivity contribution < 1.29 is 4.79 Å². The smallest absolute Gasteiger partial charge is 0.225 e. The molecular weight excluding hydrogens is 332 g/mol. The fourth-order valence-electron chi connectivity index (χ4n) is 2.35. The first-order valence-corrected chi connectivity index (χ1v) is 8.61. The highest BCUT2D eigenvalue weighted by molar-refractivity contribution is 7.21. The number of fused-ring (bicyclic) bond motifs is 1. The van der Waals surface area contributed by atoms with Gasteiger partial charge in [0, 0.05) is 12.5 Å². The molecule has 5 nitrogen and oxygen atoms in total. The summed E-state index contributed by atoms with van der Waals surface area (Å²) in [4.78, 5) is 16.5. The molecule has 0 radical (unpaired) electrons. The first-order valence-electron chi connectivity index (χ1n) is 7.42. The van der Waals surface area contributed by atoms with Gasteiger partial charge in [0.2, 0.25) is 11.0 Å². The van der Waals surface area contributed by atoms with E-state index >= 15 is 0 Å². The van der Waals surface area contributed by atoms with Crippen molar-refractivity contribution >= 4 is 44.9 Å². The van der Waals surface area contributed by atoms with Gasteiger partial charge < -0.3 is 5.32 Å². The minimum Gasteiger partial charge on any atom is -0.311 e. The van der Waals surface area contributed by atoms with Crippen LogP contribution in [0, 0.1) is 13.8 Å². The standard InChI is InChI=1S/C16H17ClN4OS/c1-4-5-13(22)18-12-8-10(3)20-21(12)16-19-14-9(2)6-7-11(17)15(14)23-16/h6-8H,4-5H2,1-3H3,(H,18,22). The van der Waals surface area contributed by atoms with E-state index < -0.39 is 0 Å². The van der Waals surface area contributed by atoms with Gasteiger partial charge in [0.25, 0.3) is 0 Å². The van der Waals surface area contributed by atoms with Crippen LogP contribution in [-0.2, 0) is 4.79 Å². The fraction of sp³-hybridized carbons (Fsp3) is 0.312. The molecule has 0 atom stereocenters. The number of nitrogens with zero attached hydrogens (tertiary/aromatic N) is 3. The Kier molecular flexibility index (Phi) is 4.37. The number of carbonyl (C=O) groups excluding carboxylic acids is 1. The number of hydrogen-bond donors (Lipinski definition) is 1. The van der Waals surface area contributed by atoms with Crippen molar-refractivity contribution in [3.05, 3.63) is 34.5 Å². The van der Waals surface area contributed by atoms with Gasteiger partial charge in [-0.05, 0) is 31.9 Å². The average molecular weight is 349 g/mol. The molecule has 2 aromatic heterocycles. The highest BCUT2D eigenvalue weighted by Crippen LogP contribution is 2.34. The summed E-state index contributed by atoms with van der Waals surface area (Å²) in [6.45, 7) is 5.86. The summed E-state index contributed by atoms with van der Waals surface area (Å²) in [6.07, 6.45) is 1.28. The lowest BCUT2D eigenvalue weighted by Crippen LogP contribution is -2.14. The number of aryl methyl sites for hydroxylation is 2. The molecule has 0 bridgehead atoms. The molecule has 3 rings (SSSR count). The van der Waals surface area contributed by atoms with Crippen molar-refractivity contribution in [1.29, 1.82) is 0 Å². The first kappa shape index (κ1) is 16.0. The van der Waals surface area contributed by atoms with Gasteiger partial charge in [0.15, 0.2) is 0 Å². The number of nitrogens with one attached hydrogen (secondary N) is 1. The van der Waals surface area contributed by atoms with E-state index in [0.717, 1.165) is 27.9 Å². The SMILES string of the molecule is CCCC(=O)Nc1cc(C)nn1-c1nc2c(C)ccc(Cl)c2s1. The van der Waals surface area contributed by atoms with Crippen molar-refractivity contribution in [2.24, 2.45) is 0 Å². The van der Waals surface area contributed by atoms with Gasteiger partial charge in [-0.15, -0.1) is 0 Å². The Morgan fingerprint density at radius 3 is 2.87 bits per heavy atom. The van der Waals surface area contributed by atoms with E-state index in [9.17, 15) is 4.79 Å². The predicted octanol–water partition coefficient (Wildman–Crippen LogP) is 4.49. The molecule has 0 unspecified atom stereocenters. The quantitative estimate of drug-likeness (QED) is 0.755. The zero-order chi connectivity index (χ0) is 16.6. The second kappa shape index (κ2) is 6.29. The van der Waals surface area contributed by atoms with E-state index in [2.05, 4.69) is 15.4 Å². The number of rotatable bonds is 4. The zero-order valence-corrected chi connectivity index (χ0v) is 14.8. The molecule has 0 spiro atoms. The fourth-order valence-corrected chi connectivity index (χ4v) is 3.63. The molecule has 1 amide bonds. The van der Waals surface area contributed by atoms with E-state index in [1.165, 1.54) is 11.3 Å². The Hall–Kier alpha value is -1.92. The largest absolute Gasteiger partial charge is 0.311 e. The molecule has 0 saturated carbocycles. The highest BCUT2D eigenvalue weighted by atomic mass is 35.5. The molecule has 0 saturated heterocycles. The van der Waals surface area contributed by atoms with Gasteiger partial charge in [-0.2, -0.15) is 9.78 Å². The third-order valence-electron chi connectivity index (χ3n) is 3.44. The molecule has 0 aliphatic heterocycles. The topological polar surface area (TPSA) is 59.8 Å². The average Bonchev–Trinajstić information content (AvgIpc) is 3.08. The zero-order valence-electron chi connectivity index (χ0n) is 13.2. The van der Waals surface area contributed by atoms with Gasteiger partial charge >= 0.3 is 0 Å². The monoisotopic (exact) mass is 348 g/mol. The van der Waals surface area contributed by atoms with E-state index in [-0.39, 0.29) is 5.91 Å². The number of anilines is 1. The summed E-state index contributed by atoms with van der Waals surface area (Å²) < 4.78 is 2.60. The van der Waals surface area contributed by atoms with E-state index in [1.54, 1.807) is 4.68 Å². The molecule has 120 valence electrons. The van der Waals surface area contributed by atoms with Crippen LogP contribution in [0.2, 0.25) is 5.02 Å². The summed E-state index contributed by atoms with van der Waals surface area (Å²) in [5.74, 6) is 0.609. The first-order chi connectivity index (χ1) is 11.0. The number of carbonyl (C=O) groups is 1. The number of amides is 1. The van der Waals surface area contributed by atoms with E-state index in [1.807, 2.05) is 39.0 Å². The third kappa shape index (κ3) is 3.09. The second-order valence-corrected chi connectivity index (χ2v) is 6.80. The van der Waals surface area contributed by atoms with Gasteiger partial charge in [0.1, 0.15) is 5.82 Å².